The Bertz CT molecular complexity index is 235. The van der Waals surface area contributed by atoms with E-state index in [9.17, 15) is 8.42 Å². The molecule has 5 heteroatoms. The summed E-state index contributed by atoms with van der Waals surface area (Å²) in [7, 11) is -3.72. The van der Waals surface area contributed by atoms with Gasteiger partial charge in [0.1, 0.15) is 0 Å². The zero-order valence-electron chi connectivity index (χ0n) is 4.48. The summed E-state index contributed by atoms with van der Waals surface area (Å²) in [4.78, 5) is 0. The van der Waals surface area contributed by atoms with Crippen molar-refractivity contribution in [1.29, 1.82) is 0 Å². The molecule has 52 valence electrons. The van der Waals surface area contributed by atoms with Gasteiger partial charge in [0.05, 0.1) is 5.75 Å². The SMILES string of the molecule is O=S1(=O)CC=CC1(O)O. The molecule has 1 aliphatic heterocycles. The highest BCUT2D eigenvalue weighted by Gasteiger charge is 2.39. The van der Waals surface area contributed by atoms with Gasteiger partial charge >= 0.3 is 0 Å². The quantitative estimate of drug-likeness (QED) is 0.329. The van der Waals surface area contributed by atoms with Crippen molar-refractivity contribution >= 4 is 9.84 Å². The maximum Gasteiger partial charge on any atom is 0.289 e. The van der Waals surface area contributed by atoms with Crippen LogP contribution in [0.2, 0.25) is 0 Å². The van der Waals surface area contributed by atoms with Crippen LogP contribution in [0.3, 0.4) is 0 Å². The molecule has 1 aliphatic rings. The summed E-state index contributed by atoms with van der Waals surface area (Å²) in [5.41, 5.74) is 0. The molecular weight excluding hydrogens is 144 g/mol. The molecule has 9 heavy (non-hydrogen) atoms. The van der Waals surface area contributed by atoms with Crippen molar-refractivity contribution in [2.45, 2.75) is 5.12 Å². The van der Waals surface area contributed by atoms with Crippen LogP contribution in [0.25, 0.3) is 0 Å². The van der Waals surface area contributed by atoms with Crippen LogP contribution in [0.15, 0.2) is 12.2 Å². The topological polar surface area (TPSA) is 74.6 Å². The van der Waals surface area contributed by atoms with Crippen molar-refractivity contribution in [3.8, 4) is 0 Å². The van der Waals surface area contributed by atoms with E-state index < -0.39 is 15.0 Å². The fraction of sp³-hybridized carbons (Fsp3) is 0.500. The highest BCUT2D eigenvalue weighted by atomic mass is 32.2. The van der Waals surface area contributed by atoms with E-state index >= 15 is 0 Å². The van der Waals surface area contributed by atoms with E-state index in [0.717, 1.165) is 6.08 Å². The molecule has 1 heterocycles. The van der Waals surface area contributed by atoms with Crippen molar-refractivity contribution in [1.82, 2.24) is 0 Å². The van der Waals surface area contributed by atoms with Gasteiger partial charge in [-0.05, 0) is 6.08 Å². The van der Waals surface area contributed by atoms with Crippen molar-refractivity contribution in [2.75, 3.05) is 5.75 Å². The van der Waals surface area contributed by atoms with Gasteiger partial charge in [-0.3, -0.25) is 0 Å². The Kier molecular flexibility index (Phi) is 1.16. The van der Waals surface area contributed by atoms with Gasteiger partial charge in [-0.2, -0.15) is 0 Å². The molecule has 0 fully saturated rings. The number of hydrogen-bond acceptors (Lipinski definition) is 4. The van der Waals surface area contributed by atoms with E-state index in [4.69, 9.17) is 10.2 Å². The van der Waals surface area contributed by atoms with Crippen molar-refractivity contribution in [3.05, 3.63) is 12.2 Å². The zero-order chi connectivity index (χ0) is 7.12. The maximum absolute atomic E-state index is 10.5. The summed E-state index contributed by atoms with van der Waals surface area (Å²) in [6.45, 7) is 0. The van der Waals surface area contributed by atoms with Crippen molar-refractivity contribution in [3.63, 3.8) is 0 Å². The molecule has 0 saturated carbocycles. The van der Waals surface area contributed by atoms with Gasteiger partial charge in [-0.25, -0.2) is 8.42 Å². The molecule has 2 N–H and O–H groups in total. The molecule has 0 unspecified atom stereocenters. The number of sulfone groups is 1. The van der Waals surface area contributed by atoms with Gasteiger partial charge < -0.3 is 10.2 Å². The van der Waals surface area contributed by atoms with E-state index in [1.165, 1.54) is 6.08 Å². The van der Waals surface area contributed by atoms with E-state index in [0.29, 0.717) is 0 Å². The van der Waals surface area contributed by atoms with Crippen LogP contribution in [0, 0.1) is 0 Å². The van der Waals surface area contributed by atoms with Crippen LogP contribution in [0.4, 0.5) is 0 Å². The number of hydrogen-bond donors (Lipinski definition) is 2. The first-order chi connectivity index (χ1) is 3.96. The predicted octanol–water partition coefficient (Wildman–Crippen LogP) is -1.39. The second-order valence-electron chi connectivity index (χ2n) is 1.84. The average Bonchev–Trinajstić information content (AvgIpc) is 1.81. The second kappa shape index (κ2) is 1.56. The third-order valence-corrected chi connectivity index (χ3v) is 2.79. The first kappa shape index (κ1) is 6.73. The minimum atomic E-state index is -3.72. The lowest BCUT2D eigenvalue weighted by Crippen LogP contribution is -2.33. The normalized spacial score (nSPS) is 28.7. The first-order valence-corrected chi connectivity index (χ1v) is 3.96. The molecule has 0 saturated heterocycles. The van der Waals surface area contributed by atoms with E-state index in [2.05, 4.69) is 0 Å². The Balaban J connectivity index is 3.14. The largest absolute Gasteiger partial charge is 0.350 e. The molecular formula is C4H6O4S. The minimum absolute atomic E-state index is 0.292. The third kappa shape index (κ3) is 0.868. The minimum Gasteiger partial charge on any atom is -0.350 e. The van der Waals surface area contributed by atoms with Crippen molar-refractivity contribution < 1.29 is 18.6 Å². The standard InChI is InChI=1S/C4H6O4S/c5-4(6)2-1-3-9(4,7)8/h1-2,5-6H,3H2. The average molecular weight is 150 g/mol. The molecule has 4 nitrogen and oxygen atoms in total. The lowest BCUT2D eigenvalue weighted by atomic mass is 10.5. The maximum atomic E-state index is 10.5. The summed E-state index contributed by atoms with van der Waals surface area (Å²) in [6, 6.07) is 0. The van der Waals surface area contributed by atoms with E-state index in [1.807, 2.05) is 0 Å². The van der Waals surface area contributed by atoms with Gasteiger partial charge in [0.15, 0.2) is 0 Å². The van der Waals surface area contributed by atoms with Gasteiger partial charge in [0.25, 0.3) is 5.12 Å². The van der Waals surface area contributed by atoms with Gasteiger partial charge in [-0.1, -0.05) is 6.08 Å². The lowest BCUT2D eigenvalue weighted by molar-refractivity contribution is -0.0400. The monoisotopic (exact) mass is 150 g/mol. The molecule has 1 rings (SSSR count). The summed E-state index contributed by atoms with van der Waals surface area (Å²) in [6.07, 6.45) is 2.05. The van der Waals surface area contributed by atoms with E-state index in [1.54, 1.807) is 0 Å². The fourth-order valence-electron chi connectivity index (χ4n) is 0.555. The zero-order valence-corrected chi connectivity index (χ0v) is 5.30. The van der Waals surface area contributed by atoms with Crippen LogP contribution >= 0.6 is 0 Å². The Morgan fingerprint density at radius 3 is 2.11 bits per heavy atom. The number of rotatable bonds is 0. The van der Waals surface area contributed by atoms with Crippen LogP contribution < -0.4 is 0 Å². The highest BCUT2D eigenvalue weighted by molar-refractivity contribution is 7.93. The number of aliphatic hydroxyl groups is 2. The molecule has 0 aliphatic carbocycles. The Morgan fingerprint density at radius 2 is 2.00 bits per heavy atom. The molecule has 0 bridgehead atoms. The van der Waals surface area contributed by atoms with Crippen molar-refractivity contribution in [2.24, 2.45) is 0 Å². The first-order valence-electron chi connectivity index (χ1n) is 2.30. The molecule has 0 amide bonds. The highest BCUT2D eigenvalue weighted by Crippen LogP contribution is 2.18. The Morgan fingerprint density at radius 1 is 1.44 bits per heavy atom. The van der Waals surface area contributed by atoms with Gasteiger partial charge in [0.2, 0.25) is 9.84 Å². The summed E-state index contributed by atoms with van der Waals surface area (Å²) in [5, 5.41) is 14.6. The second-order valence-corrected chi connectivity index (χ2v) is 4.01. The Labute approximate surface area is 52.4 Å². The molecule has 0 aromatic carbocycles. The summed E-state index contributed by atoms with van der Waals surface area (Å²) in [5.74, 6) is -0.292. The molecule has 0 aromatic heterocycles. The Hall–Kier alpha value is -0.390. The van der Waals surface area contributed by atoms with Crippen LogP contribution in [0.1, 0.15) is 0 Å². The molecule has 0 atom stereocenters. The smallest absolute Gasteiger partial charge is 0.289 e. The lowest BCUT2D eigenvalue weighted by Gasteiger charge is -2.10. The molecule has 0 aromatic rings. The van der Waals surface area contributed by atoms with Crippen LogP contribution in [0.5, 0.6) is 0 Å². The fourth-order valence-corrected chi connectivity index (χ4v) is 1.45. The van der Waals surface area contributed by atoms with E-state index in [-0.39, 0.29) is 5.75 Å². The van der Waals surface area contributed by atoms with Crippen LogP contribution in [-0.2, 0) is 9.84 Å². The summed E-state index contributed by atoms with van der Waals surface area (Å²) < 4.78 is 21.0. The van der Waals surface area contributed by atoms with Gasteiger partial charge in [-0.15, -0.1) is 0 Å². The van der Waals surface area contributed by atoms with Gasteiger partial charge in [0, 0.05) is 0 Å². The third-order valence-electron chi connectivity index (χ3n) is 1.11. The molecule has 0 radical (unpaired) electrons. The molecule has 0 spiro atoms. The summed E-state index contributed by atoms with van der Waals surface area (Å²) >= 11 is 0. The predicted molar refractivity (Wildman–Crippen MR) is 30.1 cm³/mol. The van der Waals surface area contributed by atoms with Crippen LogP contribution in [-0.4, -0.2) is 29.5 Å².